The molecule has 0 aliphatic carbocycles. The molecule has 0 aromatic heterocycles. The van der Waals surface area contributed by atoms with Crippen molar-refractivity contribution in [2.24, 2.45) is 4.99 Å². The molecule has 2 aromatic rings. The second kappa shape index (κ2) is 15.3. The van der Waals surface area contributed by atoms with E-state index in [0.29, 0.717) is 33.0 Å². The molecule has 0 spiro atoms. The Hall–Kier alpha value is -2.57. The fraction of sp³-hybridized carbons (Fsp3) is 0.458. The summed E-state index contributed by atoms with van der Waals surface area (Å²) in [7, 11) is 0. The summed E-state index contributed by atoms with van der Waals surface area (Å²) in [4.78, 5) is 4.69. The molecule has 0 aliphatic heterocycles. The van der Waals surface area contributed by atoms with Crippen LogP contribution in [0.25, 0.3) is 0 Å². The Kier molecular flexibility index (Phi) is 12.1. The maximum absolute atomic E-state index is 5.72. The first-order valence-electron chi connectivity index (χ1n) is 10.7. The highest BCUT2D eigenvalue weighted by molar-refractivity contribution is 5.79. The minimum atomic E-state index is 0.588. The smallest absolute Gasteiger partial charge is 0.191 e. The van der Waals surface area contributed by atoms with Crippen LogP contribution in [-0.4, -0.2) is 45.5 Å². The van der Waals surface area contributed by atoms with E-state index in [1.165, 1.54) is 0 Å². The van der Waals surface area contributed by atoms with Gasteiger partial charge in [-0.15, -0.1) is 0 Å². The summed E-state index contributed by atoms with van der Waals surface area (Å²) in [6.07, 6.45) is 0.897. The van der Waals surface area contributed by atoms with Gasteiger partial charge in [0.15, 0.2) is 5.96 Å². The zero-order valence-electron chi connectivity index (χ0n) is 18.2. The fourth-order valence-electron chi connectivity index (χ4n) is 2.77. The molecule has 0 amide bonds. The van der Waals surface area contributed by atoms with E-state index in [1.54, 1.807) is 0 Å². The number of rotatable bonds is 14. The molecule has 0 bridgehead atoms. The zero-order valence-corrected chi connectivity index (χ0v) is 18.2. The van der Waals surface area contributed by atoms with Crippen molar-refractivity contribution in [1.82, 2.24) is 10.6 Å². The highest BCUT2D eigenvalue weighted by atomic mass is 16.5. The van der Waals surface area contributed by atoms with Crippen molar-refractivity contribution in [3.05, 3.63) is 65.7 Å². The molecule has 30 heavy (non-hydrogen) atoms. The van der Waals surface area contributed by atoms with Gasteiger partial charge in [0, 0.05) is 19.7 Å². The van der Waals surface area contributed by atoms with Gasteiger partial charge in [0.05, 0.1) is 33.0 Å². The van der Waals surface area contributed by atoms with Gasteiger partial charge < -0.3 is 24.8 Å². The molecule has 0 radical (unpaired) electrons. The van der Waals surface area contributed by atoms with Crippen LogP contribution in [0.1, 0.15) is 31.4 Å². The second-order valence-electron chi connectivity index (χ2n) is 6.71. The number of para-hydroxylation sites is 1. The molecular weight excluding hydrogens is 378 g/mol. The molecule has 0 unspecified atom stereocenters. The summed E-state index contributed by atoms with van der Waals surface area (Å²) >= 11 is 0. The van der Waals surface area contributed by atoms with Crippen LogP contribution < -0.4 is 15.4 Å². The van der Waals surface area contributed by atoms with Gasteiger partial charge in [-0.1, -0.05) is 42.5 Å². The monoisotopic (exact) mass is 413 g/mol. The van der Waals surface area contributed by atoms with Crippen LogP contribution in [0, 0.1) is 0 Å². The number of nitrogens with one attached hydrogen (secondary N) is 2. The van der Waals surface area contributed by atoms with Crippen molar-refractivity contribution < 1.29 is 14.2 Å². The third kappa shape index (κ3) is 10.3. The second-order valence-corrected chi connectivity index (χ2v) is 6.71. The standard InChI is InChI=1S/C24H35N3O3/c1-3-25-24(26-14-9-15-30-23-12-6-5-7-13-23)27-19-21-10-8-11-22(18-21)20-29-17-16-28-4-2/h5-8,10-13,18H,3-4,9,14-17,19-20H2,1-2H3,(H2,25,26,27). The molecule has 2 rings (SSSR count). The predicted octanol–water partition coefficient (Wildman–Crippen LogP) is 3.76. The average Bonchev–Trinajstić information content (AvgIpc) is 2.78. The van der Waals surface area contributed by atoms with Crippen LogP contribution >= 0.6 is 0 Å². The first kappa shape index (κ1) is 23.7. The third-order valence-electron chi connectivity index (χ3n) is 4.23. The predicted molar refractivity (Wildman–Crippen MR) is 122 cm³/mol. The lowest BCUT2D eigenvalue weighted by atomic mass is 10.1. The molecule has 164 valence electrons. The Labute approximate surface area is 180 Å². The average molecular weight is 414 g/mol. The normalized spacial score (nSPS) is 11.3. The van der Waals surface area contributed by atoms with Gasteiger partial charge in [-0.3, -0.25) is 0 Å². The van der Waals surface area contributed by atoms with E-state index >= 15 is 0 Å². The molecule has 0 saturated carbocycles. The summed E-state index contributed by atoms with van der Waals surface area (Å²) in [5, 5.41) is 6.66. The highest BCUT2D eigenvalue weighted by Gasteiger charge is 2.00. The lowest BCUT2D eigenvalue weighted by Crippen LogP contribution is -2.38. The largest absolute Gasteiger partial charge is 0.494 e. The van der Waals surface area contributed by atoms with Crippen LogP contribution in [0.3, 0.4) is 0 Å². The molecule has 0 heterocycles. The fourth-order valence-corrected chi connectivity index (χ4v) is 2.77. The van der Waals surface area contributed by atoms with E-state index in [1.807, 2.05) is 43.3 Å². The lowest BCUT2D eigenvalue weighted by Gasteiger charge is -2.12. The Morgan fingerprint density at radius 3 is 2.47 bits per heavy atom. The van der Waals surface area contributed by atoms with Gasteiger partial charge >= 0.3 is 0 Å². The Balaban J connectivity index is 1.73. The Morgan fingerprint density at radius 2 is 1.67 bits per heavy atom. The summed E-state index contributed by atoms with van der Waals surface area (Å²) < 4.78 is 16.7. The summed E-state index contributed by atoms with van der Waals surface area (Å²) in [6.45, 7) is 9.50. The molecule has 0 fully saturated rings. The van der Waals surface area contributed by atoms with E-state index in [9.17, 15) is 0 Å². The van der Waals surface area contributed by atoms with Gasteiger partial charge in [0.2, 0.25) is 0 Å². The van der Waals surface area contributed by atoms with E-state index < -0.39 is 0 Å². The number of nitrogens with zero attached hydrogens (tertiary/aromatic N) is 1. The van der Waals surface area contributed by atoms with E-state index in [0.717, 1.165) is 49.0 Å². The highest BCUT2D eigenvalue weighted by Crippen LogP contribution is 2.09. The number of hydrogen-bond donors (Lipinski definition) is 2. The number of guanidine groups is 1. The topological polar surface area (TPSA) is 64.1 Å². The molecule has 2 N–H and O–H groups in total. The third-order valence-corrected chi connectivity index (χ3v) is 4.23. The zero-order chi connectivity index (χ0) is 21.3. The van der Waals surface area contributed by atoms with Crippen molar-refractivity contribution in [3.8, 4) is 5.75 Å². The quantitative estimate of drug-likeness (QED) is 0.280. The van der Waals surface area contributed by atoms with Crippen molar-refractivity contribution in [2.75, 3.05) is 39.5 Å². The Bertz CT molecular complexity index is 723. The van der Waals surface area contributed by atoms with Gasteiger partial charge in [0.25, 0.3) is 0 Å². The van der Waals surface area contributed by atoms with Gasteiger partial charge in [-0.2, -0.15) is 0 Å². The summed E-state index contributed by atoms with van der Waals surface area (Å²) in [6, 6.07) is 18.2. The van der Waals surface area contributed by atoms with Crippen LogP contribution in [0.5, 0.6) is 5.75 Å². The molecule has 0 atom stereocenters. The first-order chi connectivity index (χ1) is 14.8. The number of ether oxygens (including phenoxy) is 3. The summed E-state index contributed by atoms with van der Waals surface area (Å²) in [5.41, 5.74) is 2.31. The van der Waals surface area contributed by atoms with Gasteiger partial charge in [0.1, 0.15) is 5.75 Å². The van der Waals surface area contributed by atoms with Gasteiger partial charge in [-0.25, -0.2) is 4.99 Å². The molecule has 0 aliphatic rings. The number of benzene rings is 2. The molecule has 0 saturated heterocycles. The first-order valence-corrected chi connectivity index (χ1v) is 10.7. The summed E-state index contributed by atoms with van der Waals surface area (Å²) in [5.74, 6) is 1.72. The number of aliphatic imine (C=N–C) groups is 1. The van der Waals surface area contributed by atoms with Crippen molar-refractivity contribution in [1.29, 1.82) is 0 Å². The Morgan fingerprint density at radius 1 is 0.867 bits per heavy atom. The van der Waals surface area contributed by atoms with E-state index in [-0.39, 0.29) is 0 Å². The number of hydrogen-bond acceptors (Lipinski definition) is 4. The minimum Gasteiger partial charge on any atom is -0.494 e. The van der Waals surface area contributed by atoms with Crippen LogP contribution in [-0.2, 0) is 22.6 Å². The minimum absolute atomic E-state index is 0.588. The van der Waals surface area contributed by atoms with Crippen LogP contribution in [0.4, 0.5) is 0 Å². The van der Waals surface area contributed by atoms with E-state index in [2.05, 4.69) is 35.8 Å². The van der Waals surface area contributed by atoms with Crippen LogP contribution in [0.15, 0.2) is 59.6 Å². The van der Waals surface area contributed by atoms with Crippen molar-refractivity contribution >= 4 is 5.96 Å². The molecule has 6 heteroatoms. The SMILES string of the molecule is CCNC(=NCc1cccc(COCCOCC)c1)NCCCOc1ccccc1. The molecule has 6 nitrogen and oxygen atoms in total. The molecular formula is C24H35N3O3. The van der Waals surface area contributed by atoms with E-state index in [4.69, 9.17) is 19.2 Å². The van der Waals surface area contributed by atoms with Gasteiger partial charge in [-0.05, 0) is 43.5 Å². The lowest BCUT2D eigenvalue weighted by molar-refractivity contribution is 0.0453. The molecule has 2 aromatic carbocycles. The van der Waals surface area contributed by atoms with Crippen molar-refractivity contribution in [2.45, 2.75) is 33.4 Å². The maximum atomic E-state index is 5.72. The van der Waals surface area contributed by atoms with Crippen molar-refractivity contribution in [3.63, 3.8) is 0 Å². The van der Waals surface area contributed by atoms with Crippen LogP contribution in [0.2, 0.25) is 0 Å². The maximum Gasteiger partial charge on any atom is 0.191 e.